The second kappa shape index (κ2) is 12.0. The van der Waals surface area contributed by atoms with E-state index in [2.05, 4.69) is 15.6 Å². The number of hydrogen-bond acceptors (Lipinski definition) is 8. The first-order valence-electron chi connectivity index (χ1n) is 10.1. The van der Waals surface area contributed by atoms with Crippen LogP contribution in [0.3, 0.4) is 0 Å². The van der Waals surface area contributed by atoms with Crippen LogP contribution in [0.1, 0.15) is 11.3 Å². The van der Waals surface area contributed by atoms with E-state index in [1.54, 1.807) is 48.9 Å². The SMILES string of the molecule is COc1ccc(NC(=O)CSc2nc(CC(=O)NCCc3ccc(S(N)(=O)=O)cc3)cs2)cc1. The number of carbonyl (C=O) groups is 2. The van der Waals surface area contributed by atoms with E-state index in [4.69, 9.17) is 9.88 Å². The Kier molecular flexibility index (Phi) is 9.05. The van der Waals surface area contributed by atoms with E-state index < -0.39 is 10.0 Å². The summed E-state index contributed by atoms with van der Waals surface area (Å²) in [5.74, 6) is 0.600. The van der Waals surface area contributed by atoms with E-state index in [0.717, 1.165) is 5.56 Å². The molecular weight excluding hydrogens is 496 g/mol. The van der Waals surface area contributed by atoms with Gasteiger partial charge in [0.15, 0.2) is 4.34 Å². The lowest BCUT2D eigenvalue weighted by Crippen LogP contribution is -2.27. The van der Waals surface area contributed by atoms with Crippen molar-refractivity contribution in [2.75, 3.05) is 24.7 Å². The summed E-state index contributed by atoms with van der Waals surface area (Å²) in [6, 6.07) is 13.3. The lowest BCUT2D eigenvalue weighted by Gasteiger charge is -2.06. The van der Waals surface area contributed by atoms with Crippen LogP contribution in [0.5, 0.6) is 5.75 Å². The first-order chi connectivity index (χ1) is 16.2. The molecule has 0 unspecified atom stereocenters. The zero-order valence-electron chi connectivity index (χ0n) is 18.3. The molecule has 3 aromatic rings. The fraction of sp³-hybridized carbons (Fsp3) is 0.227. The minimum absolute atomic E-state index is 0.0516. The summed E-state index contributed by atoms with van der Waals surface area (Å²) in [6.45, 7) is 0.408. The first kappa shape index (κ1) is 25.7. The highest BCUT2D eigenvalue weighted by Gasteiger charge is 2.11. The summed E-state index contributed by atoms with van der Waals surface area (Å²) in [5.41, 5.74) is 2.20. The summed E-state index contributed by atoms with van der Waals surface area (Å²) in [6.07, 6.45) is 0.692. The topological polar surface area (TPSA) is 140 Å². The van der Waals surface area contributed by atoms with E-state index in [0.29, 0.717) is 34.4 Å². The van der Waals surface area contributed by atoms with E-state index in [-0.39, 0.29) is 28.9 Å². The van der Waals surface area contributed by atoms with Crippen molar-refractivity contribution < 1.29 is 22.7 Å². The Balaban J connectivity index is 1.38. The number of nitrogens with one attached hydrogen (secondary N) is 2. The molecule has 0 aliphatic carbocycles. The van der Waals surface area contributed by atoms with Gasteiger partial charge in [-0.05, 0) is 48.4 Å². The molecular formula is C22H24N4O5S3. The van der Waals surface area contributed by atoms with Crippen molar-refractivity contribution in [3.05, 3.63) is 65.2 Å². The Hall–Kier alpha value is -2.93. The smallest absolute Gasteiger partial charge is 0.238 e. The molecule has 4 N–H and O–H groups in total. The first-order valence-corrected chi connectivity index (χ1v) is 13.5. The lowest BCUT2D eigenvalue weighted by molar-refractivity contribution is -0.120. The maximum Gasteiger partial charge on any atom is 0.238 e. The van der Waals surface area contributed by atoms with Gasteiger partial charge in [-0.1, -0.05) is 23.9 Å². The molecule has 0 aliphatic heterocycles. The monoisotopic (exact) mass is 520 g/mol. The van der Waals surface area contributed by atoms with Gasteiger partial charge in [-0.2, -0.15) is 0 Å². The van der Waals surface area contributed by atoms with E-state index >= 15 is 0 Å². The molecule has 0 bridgehead atoms. The molecule has 0 atom stereocenters. The number of anilines is 1. The molecule has 2 amide bonds. The largest absolute Gasteiger partial charge is 0.497 e. The number of ether oxygens (including phenoxy) is 1. The molecule has 2 aromatic carbocycles. The van der Waals surface area contributed by atoms with Crippen LogP contribution >= 0.6 is 23.1 Å². The third-order valence-electron chi connectivity index (χ3n) is 4.56. The number of amides is 2. The Morgan fingerprint density at radius 2 is 1.79 bits per heavy atom. The Bertz CT molecular complexity index is 1230. The minimum Gasteiger partial charge on any atom is -0.497 e. The van der Waals surface area contributed by atoms with Gasteiger partial charge >= 0.3 is 0 Å². The van der Waals surface area contributed by atoms with Gasteiger partial charge in [0.05, 0.1) is 29.9 Å². The van der Waals surface area contributed by atoms with Gasteiger partial charge in [0.1, 0.15) is 5.75 Å². The number of methoxy groups -OCH3 is 1. The minimum atomic E-state index is -3.72. The van der Waals surface area contributed by atoms with E-state index in [1.165, 1.54) is 35.2 Å². The molecule has 0 fully saturated rings. The van der Waals surface area contributed by atoms with E-state index in [1.807, 2.05) is 0 Å². The second-order valence-electron chi connectivity index (χ2n) is 7.14. The molecule has 1 heterocycles. The average molecular weight is 521 g/mol. The van der Waals surface area contributed by atoms with Crippen molar-refractivity contribution in [1.29, 1.82) is 0 Å². The number of sulfonamides is 1. The number of thiazole rings is 1. The van der Waals surface area contributed by atoms with E-state index in [9.17, 15) is 18.0 Å². The van der Waals surface area contributed by atoms with Crippen LogP contribution in [0.25, 0.3) is 0 Å². The molecule has 34 heavy (non-hydrogen) atoms. The van der Waals surface area contributed by atoms with Crippen LogP contribution in [0.15, 0.2) is 63.1 Å². The number of benzene rings is 2. The Morgan fingerprint density at radius 3 is 2.44 bits per heavy atom. The molecule has 0 aliphatic rings. The van der Waals surface area contributed by atoms with Crippen LogP contribution in [-0.4, -0.2) is 44.6 Å². The molecule has 0 saturated carbocycles. The fourth-order valence-electron chi connectivity index (χ4n) is 2.85. The van der Waals surface area contributed by atoms with Gasteiger partial charge in [0.25, 0.3) is 0 Å². The molecule has 0 spiro atoms. The number of rotatable bonds is 11. The third-order valence-corrected chi connectivity index (χ3v) is 7.56. The standard InChI is InChI=1S/C22H24N4O5S3/c1-31-18-6-4-16(5-7-18)25-21(28)14-33-22-26-17(13-32-22)12-20(27)24-11-10-15-2-8-19(9-3-15)34(23,29)30/h2-9,13H,10-12,14H2,1H3,(H,24,27)(H,25,28)(H2,23,29,30). The maximum atomic E-state index is 12.2. The molecule has 180 valence electrons. The fourth-order valence-corrected chi connectivity index (χ4v) is 5.01. The average Bonchev–Trinajstić information content (AvgIpc) is 3.25. The number of nitrogens with two attached hydrogens (primary N) is 1. The van der Waals surface area contributed by atoms with Crippen LogP contribution in [0.4, 0.5) is 5.69 Å². The number of nitrogens with zero attached hydrogens (tertiary/aromatic N) is 1. The van der Waals surface area contributed by atoms with Gasteiger partial charge in [0, 0.05) is 17.6 Å². The molecule has 0 saturated heterocycles. The summed E-state index contributed by atoms with van der Waals surface area (Å²) in [4.78, 5) is 28.8. The maximum absolute atomic E-state index is 12.2. The van der Waals surface area contributed by atoms with Crippen LogP contribution in [0, 0.1) is 0 Å². The number of hydrogen-bond donors (Lipinski definition) is 3. The highest BCUT2D eigenvalue weighted by molar-refractivity contribution is 8.01. The van der Waals surface area contributed by atoms with Gasteiger partial charge in [-0.3, -0.25) is 9.59 Å². The normalized spacial score (nSPS) is 11.1. The Labute approximate surface area is 206 Å². The summed E-state index contributed by atoms with van der Waals surface area (Å²) < 4.78 is 28.4. The van der Waals surface area contributed by atoms with Gasteiger partial charge in [0.2, 0.25) is 21.8 Å². The molecule has 12 heteroatoms. The lowest BCUT2D eigenvalue weighted by atomic mass is 10.1. The number of carbonyl (C=O) groups excluding carboxylic acids is 2. The third kappa shape index (κ3) is 8.13. The van der Waals surface area contributed by atoms with Gasteiger partial charge in [-0.25, -0.2) is 18.5 Å². The van der Waals surface area contributed by atoms with Gasteiger partial charge in [-0.15, -0.1) is 11.3 Å². The summed E-state index contributed by atoms with van der Waals surface area (Å²) in [5, 5.41) is 12.5. The van der Waals surface area contributed by atoms with Crippen molar-refractivity contribution in [2.24, 2.45) is 5.14 Å². The van der Waals surface area contributed by atoms with Crippen LogP contribution in [0.2, 0.25) is 0 Å². The zero-order valence-corrected chi connectivity index (χ0v) is 20.8. The van der Waals surface area contributed by atoms with Crippen LogP contribution < -0.4 is 20.5 Å². The van der Waals surface area contributed by atoms with Crippen molar-refractivity contribution in [3.63, 3.8) is 0 Å². The molecule has 9 nitrogen and oxygen atoms in total. The van der Waals surface area contributed by atoms with Crippen molar-refractivity contribution in [3.8, 4) is 5.75 Å². The Morgan fingerprint density at radius 1 is 1.09 bits per heavy atom. The molecule has 1 aromatic heterocycles. The predicted octanol–water partition coefficient (Wildman–Crippen LogP) is 2.43. The highest BCUT2D eigenvalue weighted by Crippen LogP contribution is 2.23. The summed E-state index contributed by atoms with van der Waals surface area (Å²) >= 11 is 2.69. The molecule has 0 radical (unpaired) electrons. The quantitative estimate of drug-likeness (QED) is 0.330. The summed E-state index contributed by atoms with van der Waals surface area (Å²) in [7, 11) is -2.14. The highest BCUT2D eigenvalue weighted by atomic mass is 32.2. The molecule has 3 rings (SSSR count). The van der Waals surface area contributed by atoms with Crippen LogP contribution in [-0.2, 0) is 32.5 Å². The zero-order chi connectivity index (χ0) is 24.6. The van der Waals surface area contributed by atoms with Gasteiger partial charge < -0.3 is 15.4 Å². The predicted molar refractivity (Wildman–Crippen MR) is 133 cm³/mol. The number of primary sulfonamides is 1. The number of aromatic nitrogens is 1. The van der Waals surface area contributed by atoms with Crippen molar-refractivity contribution in [2.45, 2.75) is 22.1 Å². The number of thioether (sulfide) groups is 1. The second-order valence-corrected chi connectivity index (χ2v) is 10.8. The van der Waals surface area contributed by atoms with Crippen molar-refractivity contribution in [1.82, 2.24) is 10.3 Å². The van der Waals surface area contributed by atoms with Crippen molar-refractivity contribution >= 4 is 50.6 Å².